The molecule has 0 saturated heterocycles. The molecule has 0 amide bonds. The summed E-state index contributed by atoms with van der Waals surface area (Å²) in [6.07, 6.45) is 4.86. The quantitative estimate of drug-likeness (QED) is 0.746. The summed E-state index contributed by atoms with van der Waals surface area (Å²) < 4.78 is 0. The number of hydrogen-bond donors (Lipinski definition) is 0. The van der Waals surface area contributed by atoms with Crippen molar-refractivity contribution >= 4 is 35.1 Å². The van der Waals surface area contributed by atoms with E-state index in [-0.39, 0.29) is 17.5 Å². The number of thioether (sulfide) groups is 2. The van der Waals surface area contributed by atoms with E-state index in [1.807, 2.05) is 19.4 Å². The second kappa shape index (κ2) is 5.03. The Kier molecular flexibility index (Phi) is 4.26. The fourth-order valence-electron chi connectivity index (χ4n) is 1.56. The molecule has 1 rings (SSSR count). The fourth-order valence-corrected chi connectivity index (χ4v) is 3.33. The molecule has 2 nitrogen and oxygen atoms in total. The molecule has 0 saturated carbocycles. The summed E-state index contributed by atoms with van der Waals surface area (Å²) in [5.41, 5.74) is 0. The standard InChI is InChI=1S/C10H14O2S2/c1-4-6-5-7(11)9(13-2)10(14-3)8(6)12/h6H,4-5H2,1-3H3/t6-/m0/s1. The highest BCUT2D eigenvalue weighted by molar-refractivity contribution is 8.07. The maximum Gasteiger partial charge on any atom is 0.173 e. The van der Waals surface area contributed by atoms with Gasteiger partial charge in [-0.3, -0.25) is 9.59 Å². The van der Waals surface area contributed by atoms with Gasteiger partial charge in [-0.2, -0.15) is 0 Å². The van der Waals surface area contributed by atoms with Gasteiger partial charge in [0.1, 0.15) is 0 Å². The van der Waals surface area contributed by atoms with Gasteiger partial charge in [-0.25, -0.2) is 0 Å². The summed E-state index contributed by atoms with van der Waals surface area (Å²) in [6, 6.07) is 0. The van der Waals surface area contributed by atoms with Gasteiger partial charge in [0.2, 0.25) is 0 Å². The molecule has 78 valence electrons. The van der Waals surface area contributed by atoms with Gasteiger partial charge in [0.25, 0.3) is 0 Å². The van der Waals surface area contributed by atoms with Crippen molar-refractivity contribution < 1.29 is 9.59 Å². The van der Waals surface area contributed by atoms with Crippen LogP contribution in [0.4, 0.5) is 0 Å². The molecule has 0 N–H and O–H groups in total. The Morgan fingerprint density at radius 1 is 1.21 bits per heavy atom. The summed E-state index contributed by atoms with van der Waals surface area (Å²) in [4.78, 5) is 24.9. The molecule has 0 aromatic rings. The third-order valence-corrected chi connectivity index (χ3v) is 4.17. The molecule has 0 aromatic heterocycles. The Morgan fingerprint density at radius 2 is 1.79 bits per heavy atom. The average Bonchev–Trinajstić information content (AvgIpc) is 2.20. The highest BCUT2D eigenvalue weighted by Crippen LogP contribution is 2.35. The van der Waals surface area contributed by atoms with Crippen LogP contribution in [0.1, 0.15) is 19.8 Å². The number of carbonyl (C=O) groups is 2. The first kappa shape index (κ1) is 11.9. The van der Waals surface area contributed by atoms with Crippen molar-refractivity contribution in [3.8, 4) is 0 Å². The number of ketones is 2. The van der Waals surface area contributed by atoms with Crippen molar-refractivity contribution in [2.24, 2.45) is 5.92 Å². The lowest BCUT2D eigenvalue weighted by Crippen LogP contribution is -2.26. The van der Waals surface area contributed by atoms with Crippen molar-refractivity contribution in [1.29, 1.82) is 0 Å². The van der Waals surface area contributed by atoms with Crippen molar-refractivity contribution in [3.05, 3.63) is 9.81 Å². The van der Waals surface area contributed by atoms with E-state index < -0.39 is 0 Å². The van der Waals surface area contributed by atoms with E-state index in [1.165, 1.54) is 23.5 Å². The normalized spacial score (nSPS) is 23.2. The lowest BCUT2D eigenvalue weighted by Gasteiger charge is -2.22. The Morgan fingerprint density at radius 3 is 2.21 bits per heavy atom. The van der Waals surface area contributed by atoms with Crippen LogP contribution in [-0.4, -0.2) is 24.1 Å². The maximum atomic E-state index is 11.9. The second-order valence-corrected chi connectivity index (χ2v) is 4.80. The van der Waals surface area contributed by atoms with Gasteiger partial charge >= 0.3 is 0 Å². The van der Waals surface area contributed by atoms with Gasteiger partial charge in [0.15, 0.2) is 11.6 Å². The first-order valence-corrected chi connectivity index (χ1v) is 7.00. The van der Waals surface area contributed by atoms with Crippen LogP contribution < -0.4 is 0 Å². The zero-order valence-corrected chi connectivity index (χ0v) is 10.3. The van der Waals surface area contributed by atoms with Crippen molar-refractivity contribution in [2.45, 2.75) is 19.8 Å². The Balaban J connectivity index is 3.09. The van der Waals surface area contributed by atoms with E-state index in [9.17, 15) is 9.59 Å². The fraction of sp³-hybridized carbons (Fsp3) is 0.600. The molecule has 0 bridgehead atoms. The van der Waals surface area contributed by atoms with Crippen LogP contribution in [0.5, 0.6) is 0 Å². The largest absolute Gasteiger partial charge is 0.294 e. The first-order valence-electron chi connectivity index (χ1n) is 4.55. The van der Waals surface area contributed by atoms with Crippen LogP contribution >= 0.6 is 23.5 Å². The van der Waals surface area contributed by atoms with E-state index >= 15 is 0 Å². The Labute approximate surface area is 92.9 Å². The molecule has 0 fully saturated rings. The lowest BCUT2D eigenvalue weighted by molar-refractivity contribution is -0.125. The van der Waals surface area contributed by atoms with E-state index in [2.05, 4.69) is 0 Å². The zero-order valence-electron chi connectivity index (χ0n) is 8.62. The molecular formula is C10H14O2S2. The highest BCUT2D eigenvalue weighted by Gasteiger charge is 2.32. The predicted molar refractivity (Wildman–Crippen MR) is 62.5 cm³/mol. The van der Waals surface area contributed by atoms with E-state index in [4.69, 9.17) is 0 Å². The number of rotatable bonds is 3. The summed E-state index contributed by atoms with van der Waals surface area (Å²) in [5.74, 6) is 0.207. The Hall–Kier alpha value is -0.220. The Bertz CT molecular complexity index is 294. The number of carbonyl (C=O) groups excluding carboxylic acids is 2. The summed E-state index contributed by atoms with van der Waals surface area (Å²) in [6.45, 7) is 1.96. The highest BCUT2D eigenvalue weighted by atomic mass is 32.2. The number of allylic oxidation sites excluding steroid dienone is 2. The molecule has 0 aliphatic heterocycles. The van der Waals surface area contributed by atoms with Gasteiger partial charge in [-0.05, 0) is 18.9 Å². The third-order valence-electron chi connectivity index (χ3n) is 2.39. The summed E-state index contributed by atoms with van der Waals surface area (Å²) in [5, 5.41) is 0. The minimum Gasteiger partial charge on any atom is -0.294 e. The van der Waals surface area contributed by atoms with Gasteiger partial charge < -0.3 is 0 Å². The van der Waals surface area contributed by atoms with Crippen LogP contribution in [0, 0.1) is 5.92 Å². The first-order chi connectivity index (χ1) is 6.65. The van der Waals surface area contributed by atoms with Gasteiger partial charge in [-0.1, -0.05) is 6.92 Å². The molecule has 0 unspecified atom stereocenters. The molecule has 0 spiro atoms. The number of hydrogen-bond acceptors (Lipinski definition) is 4. The minimum absolute atomic E-state index is 0.0825. The third kappa shape index (κ3) is 2.06. The predicted octanol–water partition coefficient (Wildman–Crippen LogP) is 2.49. The van der Waals surface area contributed by atoms with Gasteiger partial charge in [0.05, 0.1) is 9.81 Å². The molecule has 4 heteroatoms. The summed E-state index contributed by atoms with van der Waals surface area (Å²) in [7, 11) is 0. The van der Waals surface area contributed by atoms with E-state index in [0.29, 0.717) is 16.2 Å². The molecule has 1 atom stereocenters. The monoisotopic (exact) mass is 230 g/mol. The van der Waals surface area contributed by atoms with Crippen LogP contribution in [-0.2, 0) is 9.59 Å². The summed E-state index contributed by atoms with van der Waals surface area (Å²) >= 11 is 2.79. The van der Waals surface area contributed by atoms with Gasteiger partial charge in [0, 0.05) is 12.3 Å². The molecule has 0 aromatic carbocycles. The molecule has 0 radical (unpaired) electrons. The van der Waals surface area contributed by atoms with E-state index in [1.54, 1.807) is 0 Å². The topological polar surface area (TPSA) is 34.1 Å². The maximum absolute atomic E-state index is 11.9. The van der Waals surface area contributed by atoms with Crippen molar-refractivity contribution in [2.75, 3.05) is 12.5 Å². The zero-order chi connectivity index (χ0) is 10.7. The molecular weight excluding hydrogens is 216 g/mol. The van der Waals surface area contributed by atoms with Crippen LogP contribution in [0.15, 0.2) is 9.81 Å². The molecule has 1 aliphatic rings. The van der Waals surface area contributed by atoms with Crippen molar-refractivity contribution in [1.82, 2.24) is 0 Å². The second-order valence-electron chi connectivity index (χ2n) is 3.16. The SMILES string of the molecule is CC[C@H]1CC(=O)C(SC)=C(SC)C1=O. The minimum atomic E-state index is -0.0825. The van der Waals surface area contributed by atoms with Gasteiger partial charge in [-0.15, -0.1) is 23.5 Å². The smallest absolute Gasteiger partial charge is 0.173 e. The number of Topliss-reactive ketones (excluding diaryl/α,β-unsaturated/α-hetero) is 2. The van der Waals surface area contributed by atoms with Crippen LogP contribution in [0.3, 0.4) is 0 Å². The van der Waals surface area contributed by atoms with Crippen LogP contribution in [0.25, 0.3) is 0 Å². The molecule has 14 heavy (non-hydrogen) atoms. The average molecular weight is 230 g/mol. The van der Waals surface area contributed by atoms with E-state index in [0.717, 1.165) is 6.42 Å². The lowest BCUT2D eigenvalue weighted by atomic mass is 9.90. The molecule has 0 heterocycles. The van der Waals surface area contributed by atoms with Crippen LogP contribution in [0.2, 0.25) is 0 Å². The molecule has 1 aliphatic carbocycles. The van der Waals surface area contributed by atoms with Crippen molar-refractivity contribution in [3.63, 3.8) is 0 Å².